The first-order chi connectivity index (χ1) is 10.2. The van der Waals surface area contributed by atoms with Crippen molar-refractivity contribution >= 4 is 5.69 Å². The van der Waals surface area contributed by atoms with Crippen molar-refractivity contribution in [2.24, 2.45) is 0 Å². The SMILES string of the molecule is CCc1cccc(N2CC(N3CCN(C(C)C)CC3)C2)c1. The number of nitrogens with zero attached hydrogens (tertiary/aromatic N) is 3. The molecule has 0 aliphatic carbocycles. The van der Waals surface area contributed by atoms with Crippen LogP contribution < -0.4 is 4.90 Å². The summed E-state index contributed by atoms with van der Waals surface area (Å²) < 4.78 is 0. The van der Waals surface area contributed by atoms with Gasteiger partial charge in [0.1, 0.15) is 0 Å². The predicted octanol–water partition coefficient (Wildman–Crippen LogP) is 2.46. The number of piperazine rings is 1. The maximum Gasteiger partial charge on any atom is 0.0447 e. The lowest BCUT2D eigenvalue weighted by atomic mass is 10.0. The van der Waals surface area contributed by atoms with Gasteiger partial charge in [0.25, 0.3) is 0 Å². The summed E-state index contributed by atoms with van der Waals surface area (Å²) in [7, 11) is 0. The fraction of sp³-hybridized carbons (Fsp3) is 0.667. The van der Waals surface area contributed by atoms with Crippen LogP contribution in [0.4, 0.5) is 5.69 Å². The molecule has 1 aromatic rings. The molecule has 0 amide bonds. The summed E-state index contributed by atoms with van der Waals surface area (Å²) in [6.07, 6.45) is 1.13. The van der Waals surface area contributed by atoms with Crippen LogP contribution in [0.3, 0.4) is 0 Å². The van der Waals surface area contributed by atoms with E-state index >= 15 is 0 Å². The van der Waals surface area contributed by atoms with Crippen LogP contribution in [-0.4, -0.2) is 61.2 Å². The molecule has 2 fully saturated rings. The molecule has 2 aliphatic heterocycles. The number of rotatable bonds is 4. The van der Waals surface area contributed by atoms with Crippen molar-refractivity contribution in [1.29, 1.82) is 0 Å². The second kappa shape index (κ2) is 6.37. The van der Waals surface area contributed by atoms with Crippen molar-refractivity contribution in [1.82, 2.24) is 9.80 Å². The minimum atomic E-state index is 0.696. The molecule has 3 heteroatoms. The molecule has 3 rings (SSSR count). The van der Waals surface area contributed by atoms with E-state index in [1.165, 1.54) is 50.5 Å². The summed E-state index contributed by atoms with van der Waals surface area (Å²) in [4.78, 5) is 7.81. The van der Waals surface area contributed by atoms with E-state index in [0.29, 0.717) is 6.04 Å². The van der Waals surface area contributed by atoms with Crippen LogP contribution in [0.5, 0.6) is 0 Å². The minimum absolute atomic E-state index is 0.696. The first kappa shape index (κ1) is 14.9. The first-order valence-electron chi connectivity index (χ1n) is 8.49. The summed E-state index contributed by atoms with van der Waals surface area (Å²) in [6, 6.07) is 10.5. The second-order valence-electron chi connectivity index (χ2n) is 6.75. The molecule has 0 radical (unpaired) electrons. The van der Waals surface area contributed by atoms with Crippen LogP contribution in [0.25, 0.3) is 0 Å². The molecule has 0 saturated carbocycles. The molecule has 0 unspecified atom stereocenters. The third-order valence-electron chi connectivity index (χ3n) is 5.14. The molecule has 1 aromatic carbocycles. The van der Waals surface area contributed by atoms with Gasteiger partial charge in [0.05, 0.1) is 0 Å². The summed E-state index contributed by atoms with van der Waals surface area (Å²) in [6.45, 7) is 14.2. The predicted molar refractivity (Wildman–Crippen MR) is 90.1 cm³/mol. The van der Waals surface area contributed by atoms with E-state index < -0.39 is 0 Å². The topological polar surface area (TPSA) is 9.72 Å². The van der Waals surface area contributed by atoms with Crippen molar-refractivity contribution in [2.75, 3.05) is 44.2 Å². The zero-order valence-corrected chi connectivity index (χ0v) is 13.8. The van der Waals surface area contributed by atoms with Gasteiger partial charge >= 0.3 is 0 Å². The van der Waals surface area contributed by atoms with E-state index in [0.717, 1.165) is 12.5 Å². The Bertz CT molecular complexity index is 457. The maximum absolute atomic E-state index is 2.69. The molecule has 3 nitrogen and oxygen atoms in total. The van der Waals surface area contributed by atoms with E-state index in [1.807, 2.05) is 0 Å². The van der Waals surface area contributed by atoms with Crippen molar-refractivity contribution < 1.29 is 0 Å². The van der Waals surface area contributed by atoms with E-state index in [1.54, 1.807) is 0 Å². The lowest BCUT2D eigenvalue weighted by Crippen LogP contribution is -2.63. The normalized spacial score (nSPS) is 21.8. The van der Waals surface area contributed by atoms with Gasteiger partial charge in [0.2, 0.25) is 0 Å². The Balaban J connectivity index is 1.50. The van der Waals surface area contributed by atoms with Gasteiger partial charge in [-0.15, -0.1) is 0 Å². The third kappa shape index (κ3) is 3.24. The van der Waals surface area contributed by atoms with Crippen molar-refractivity contribution in [3.05, 3.63) is 29.8 Å². The van der Waals surface area contributed by atoms with E-state index in [4.69, 9.17) is 0 Å². The minimum Gasteiger partial charge on any atom is -0.368 e. The Hall–Kier alpha value is -1.06. The summed E-state index contributed by atoms with van der Waals surface area (Å²) >= 11 is 0. The van der Waals surface area contributed by atoms with Crippen LogP contribution in [-0.2, 0) is 6.42 Å². The molecule has 2 heterocycles. The van der Waals surface area contributed by atoms with Crippen LogP contribution >= 0.6 is 0 Å². The zero-order valence-electron chi connectivity index (χ0n) is 13.8. The molecule has 21 heavy (non-hydrogen) atoms. The number of hydrogen-bond donors (Lipinski definition) is 0. The standard InChI is InChI=1S/C18H29N3/c1-4-16-6-5-7-17(12-16)21-13-18(14-21)20-10-8-19(9-11-20)15(2)3/h5-7,12,15,18H,4,8-11,13-14H2,1-3H3. The van der Waals surface area contributed by atoms with Crippen molar-refractivity contribution in [3.8, 4) is 0 Å². The molecule has 0 atom stereocenters. The smallest absolute Gasteiger partial charge is 0.0447 e. The summed E-state index contributed by atoms with van der Waals surface area (Å²) in [5.74, 6) is 0. The van der Waals surface area contributed by atoms with E-state index in [-0.39, 0.29) is 0 Å². The molecular formula is C18H29N3. The second-order valence-corrected chi connectivity index (χ2v) is 6.75. The van der Waals surface area contributed by atoms with Crippen LogP contribution in [0.1, 0.15) is 26.3 Å². The molecule has 0 bridgehead atoms. The highest BCUT2D eigenvalue weighted by atomic mass is 15.4. The molecule has 0 aromatic heterocycles. The maximum atomic E-state index is 2.69. The molecule has 0 spiro atoms. The van der Waals surface area contributed by atoms with Gasteiger partial charge in [0.15, 0.2) is 0 Å². The third-order valence-corrected chi connectivity index (χ3v) is 5.14. The Labute approximate surface area is 129 Å². The number of aryl methyl sites for hydroxylation is 1. The van der Waals surface area contributed by atoms with Gasteiger partial charge in [-0.25, -0.2) is 0 Å². The Morgan fingerprint density at radius 2 is 1.81 bits per heavy atom. The highest BCUT2D eigenvalue weighted by Crippen LogP contribution is 2.25. The quantitative estimate of drug-likeness (QED) is 0.842. The molecule has 116 valence electrons. The Kier molecular flexibility index (Phi) is 4.51. The monoisotopic (exact) mass is 287 g/mol. The van der Waals surface area contributed by atoms with Crippen LogP contribution in [0.2, 0.25) is 0 Å². The largest absolute Gasteiger partial charge is 0.368 e. The van der Waals surface area contributed by atoms with Crippen LogP contribution in [0, 0.1) is 0 Å². The molecule has 2 aliphatic rings. The first-order valence-corrected chi connectivity index (χ1v) is 8.49. The van der Waals surface area contributed by atoms with Gasteiger partial charge in [-0.1, -0.05) is 19.1 Å². The van der Waals surface area contributed by atoms with Gasteiger partial charge < -0.3 is 4.90 Å². The van der Waals surface area contributed by atoms with Gasteiger partial charge in [-0.2, -0.15) is 0 Å². The number of anilines is 1. The zero-order chi connectivity index (χ0) is 14.8. The average molecular weight is 287 g/mol. The molecule has 2 saturated heterocycles. The van der Waals surface area contributed by atoms with Crippen molar-refractivity contribution in [3.63, 3.8) is 0 Å². The Morgan fingerprint density at radius 1 is 1.10 bits per heavy atom. The fourth-order valence-electron chi connectivity index (χ4n) is 3.49. The van der Waals surface area contributed by atoms with Crippen LogP contribution in [0.15, 0.2) is 24.3 Å². The molecular weight excluding hydrogens is 258 g/mol. The lowest BCUT2D eigenvalue weighted by molar-refractivity contribution is 0.0678. The van der Waals surface area contributed by atoms with Crippen molar-refractivity contribution in [2.45, 2.75) is 39.3 Å². The van der Waals surface area contributed by atoms with E-state index in [2.05, 4.69) is 59.7 Å². The van der Waals surface area contributed by atoms with E-state index in [9.17, 15) is 0 Å². The van der Waals surface area contributed by atoms with Gasteiger partial charge in [0, 0.05) is 57.0 Å². The average Bonchev–Trinajstić information content (AvgIpc) is 2.46. The summed E-state index contributed by atoms with van der Waals surface area (Å²) in [5, 5.41) is 0. The van der Waals surface area contributed by atoms with Gasteiger partial charge in [-0.3, -0.25) is 9.80 Å². The highest BCUT2D eigenvalue weighted by Gasteiger charge is 2.33. The number of hydrogen-bond acceptors (Lipinski definition) is 3. The fourth-order valence-corrected chi connectivity index (χ4v) is 3.49. The number of benzene rings is 1. The molecule has 0 N–H and O–H groups in total. The van der Waals surface area contributed by atoms with Gasteiger partial charge in [-0.05, 0) is 38.0 Å². The summed E-state index contributed by atoms with van der Waals surface area (Å²) in [5.41, 5.74) is 2.85. The lowest BCUT2D eigenvalue weighted by Gasteiger charge is -2.49. The Morgan fingerprint density at radius 3 is 2.43 bits per heavy atom. The highest BCUT2D eigenvalue weighted by molar-refractivity contribution is 5.51.